The number of carbonyl (C=O) groups excluding carboxylic acids is 2. The van der Waals surface area contributed by atoms with Crippen LogP contribution in [-0.2, 0) is 9.59 Å². The van der Waals surface area contributed by atoms with Gasteiger partial charge in [0.25, 0.3) is 0 Å². The van der Waals surface area contributed by atoms with Crippen LogP contribution in [-0.4, -0.2) is 36.4 Å². The van der Waals surface area contributed by atoms with Gasteiger partial charge in [-0.15, -0.1) is 0 Å². The van der Waals surface area contributed by atoms with Gasteiger partial charge in [0.15, 0.2) is 0 Å². The molecule has 1 saturated heterocycles. The normalized spacial score (nSPS) is 21.4. The molecule has 1 fully saturated rings. The molecule has 0 aromatic heterocycles. The quantitative estimate of drug-likeness (QED) is 0.858. The van der Waals surface area contributed by atoms with Crippen molar-refractivity contribution in [2.24, 2.45) is 11.7 Å². The second-order valence-electron chi connectivity index (χ2n) is 5.74. The number of nitrogens with two attached hydrogens (primary N) is 1. The number of hydrogen-bond donors (Lipinski definition) is 1. The number of ether oxygens (including phenoxy) is 1. The van der Waals surface area contributed by atoms with Gasteiger partial charge in [-0.1, -0.05) is 11.6 Å². The van der Waals surface area contributed by atoms with Gasteiger partial charge in [-0.3, -0.25) is 9.59 Å². The number of primary amides is 1. The first-order valence-electron chi connectivity index (χ1n) is 7.54. The lowest BCUT2D eigenvalue weighted by Gasteiger charge is -2.36. The van der Waals surface area contributed by atoms with E-state index in [0.29, 0.717) is 17.3 Å². The Morgan fingerprint density at radius 2 is 2.13 bits per heavy atom. The highest BCUT2D eigenvalue weighted by Gasteiger charge is 2.30. The van der Waals surface area contributed by atoms with Crippen molar-refractivity contribution >= 4 is 29.5 Å². The number of nitrogens with zero attached hydrogens (tertiary/aromatic N) is 1. The number of hydrogen-bond acceptors (Lipinski definition) is 3. The van der Waals surface area contributed by atoms with Gasteiger partial charge < -0.3 is 15.4 Å². The molecule has 6 heteroatoms. The summed E-state index contributed by atoms with van der Waals surface area (Å²) < 4.78 is 5.25. The van der Waals surface area contributed by atoms with E-state index in [9.17, 15) is 9.59 Å². The van der Waals surface area contributed by atoms with Crippen LogP contribution in [0.1, 0.15) is 25.3 Å². The second kappa shape index (κ2) is 7.51. The molecule has 0 spiro atoms. The monoisotopic (exact) mass is 336 g/mol. The summed E-state index contributed by atoms with van der Waals surface area (Å²) in [4.78, 5) is 25.5. The molecule has 0 unspecified atom stereocenters. The van der Waals surface area contributed by atoms with E-state index in [-0.39, 0.29) is 23.8 Å². The number of amides is 2. The van der Waals surface area contributed by atoms with Crippen molar-refractivity contribution in [2.75, 3.05) is 13.7 Å². The van der Waals surface area contributed by atoms with Gasteiger partial charge in [0.2, 0.25) is 11.8 Å². The molecular formula is C17H21ClN2O3. The van der Waals surface area contributed by atoms with Crippen molar-refractivity contribution in [3.8, 4) is 5.75 Å². The van der Waals surface area contributed by atoms with Gasteiger partial charge in [-0.05, 0) is 44.0 Å². The number of rotatable bonds is 4. The second-order valence-corrected chi connectivity index (χ2v) is 6.17. The Kier molecular flexibility index (Phi) is 5.66. The number of likely N-dealkylation sites (tertiary alicyclic amines) is 1. The maximum absolute atomic E-state index is 12.4. The van der Waals surface area contributed by atoms with E-state index in [0.717, 1.165) is 18.4 Å². The Balaban J connectivity index is 2.14. The highest BCUT2D eigenvalue weighted by molar-refractivity contribution is 6.30. The van der Waals surface area contributed by atoms with Crippen LogP contribution in [0, 0.1) is 5.92 Å². The van der Waals surface area contributed by atoms with Crippen LogP contribution in [0.5, 0.6) is 5.75 Å². The molecule has 0 aliphatic carbocycles. The van der Waals surface area contributed by atoms with Crippen LogP contribution in [0.4, 0.5) is 0 Å². The van der Waals surface area contributed by atoms with Gasteiger partial charge in [-0.25, -0.2) is 0 Å². The minimum absolute atomic E-state index is 0.0870. The summed E-state index contributed by atoms with van der Waals surface area (Å²) in [7, 11) is 1.56. The third kappa shape index (κ3) is 4.26. The zero-order valence-corrected chi connectivity index (χ0v) is 14.0. The Morgan fingerprint density at radius 3 is 2.78 bits per heavy atom. The molecule has 1 aromatic rings. The van der Waals surface area contributed by atoms with Crippen molar-refractivity contribution in [1.82, 2.24) is 4.90 Å². The zero-order valence-electron chi connectivity index (χ0n) is 13.3. The van der Waals surface area contributed by atoms with Crippen molar-refractivity contribution < 1.29 is 14.3 Å². The number of methoxy groups -OCH3 is 1. The van der Waals surface area contributed by atoms with Crippen molar-refractivity contribution in [2.45, 2.75) is 25.8 Å². The molecule has 1 aromatic carbocycles. The van der Waals surface area contributed by atoms with E-state index in [1.54, 1.807) is 36.3 Å². The van der Waals surface area contributed by atoms with Crippen LogP contribution in [0.2, 0.25) is 5.02 Å². The molecule has 23 heavy (non-hydrogen) atoms. The summed E-state index contributed by atoms with van der Waals surface area (Å²) in [5.74, 6) is -0.134. The fourth-order valence-corrected chi connectivity index (χ4v) is 2.92. The standard InChI is InChI=1S/C17H21ClN2O3/c1-11-3-4-13(17(19)22)10-20(11)16(21)8-5-12-9-14(18)6-7-15(12)23-2/h5-9,11,13H,3-4,10H2,1-2H3,(H2,19,22)/b8-5+/t11-,13-/m1/s1. The minimum atomic E-state index is -0.352. The van der Waals surface area contributed by atoms with E-state index < -0.39 is 0 Å². The smallest absolute Gasteiger partial charge is 0.246 e. The molecule has 124 valence electrons. The molecule has 0 saturated carbocycles. The number of carbonyl (C=O) groups is 2. The molecule has 2 amide bonds. The minimum Gasteiger partial charge on any atom is -0.496 e. The summed E-state index contributed by atoms with van der Waals surface area (Å²) in [6.07, 6.45) is 4.65. The first-order valence-corrected chi connectivity index (χ1v) is 7.91. The molecule has 1 heterocycles. The van der Waals surface area contributed by atoms with Gasteiger partial charge in [-0.2, -0.15) is 0 Å². The van der Waals surface area contributed by atoms with Crippen molar-refractivity contribution in [3.63, 3.8) is 0 Å². The molecule has 0 radical (unpaired) electrons. The van der Waals surface area contributed by atoms with Crippen LogP contribution in [0.25, 0.3) is 6.08 Å². The Bertz CT molecular complexity index is 630. The molecule has 1 aliphatic rings. The van der Waals surface area contributed by atoms with Gasteiger partial charge in [0.05, 0.1) is 13.0 Å². The van der Waals surface area contributed by atoms with Gasteiger partial charge >= 0.3 is 0 Å². The number of halogens is 1. The number of benzene rings is 1. The summed E-state index contributed by atoms with van der Waals surface area (Å²) in [6, 6.07) is 5.29. The van der Waals surface area contributed by atoms with E-state index >= 15 is 0 Å². The Morgan fingerprint density at radius 1 is 1.39 bits per heavy atom. The Labute approximate surface area is 141 Å². The maximum atomic E-state index is 12.4. The predicted molar refractivity (Wildman–Crippen MR) is 90.1 cm³/mol. The van der Waals surface area contributed by atoms with Crippen molar-refractivity contribution in [1.29, 1.82) is 0 Å². The lowest BCUT2D eigenvalue weighted by Crippen LogP contribution is -2.48. The number of piperidine rings is 1. The highest BCUT2D eigenvalue weighted by Crippen LogP contribution is 2.25. The first kappa shape index (κ1) is 17.3. The zero-order chi connectivity index (χ0) is 17.0. The van der Waals surface area contributed by atoms with Gasteiger partial charge in [0, 0.05) is 29.2 Å². The van der Waals surface area contributed by atoms with Crippen LogP contribution in [0.15, 0.2) is 24.3 Å². The third-order valence-corrected chi connectivity index (χ3v) is 4.40. The molecule has 2 N–H and O–H groups in total. The van der Waals surface area contributed by atoms with Gasteiger partial charge in [0.1, 0.15) is 5.75 Å². The molecule has 5 nitrogen and oxygen atoms in total. The Hall–Kier alpha value is -2.01. The average molecular weight is 337 g/mol. The largest absolute Gasteiger partial charge is 0.496 e. The van der Waals surface area contributed by atoms with E-state index in [1.807, 2.05) is 6.92 Å². The SMILES string of the molecule is COc1ccc(Cl)cc1/C=C/C(=O)N1C[C@H](C(N)=O)CC[C@H]1C. The highest BCUT2D eigenvalue weighted by atomic mass is 35.5. The van der Waals surface area contributed by atoms with E-state index in [1.165, 1.54) is 6.08 Å². The fourth-order valence-electron chi connectivity index (χ4n) is 2.74. The molecular weight excluding hydrogens is 316 g/mol. The average Bonchev–Trinajstić information content (AvgIpc) is 2.53. The van der Waals surface area contributed by atoms with Crippen LogP contribution in [0.3, 0.4) is 0 Å². The summed E-state index contributed by atoms with van der Waals surface area (Å²) >= 11 is 5.98. The topological polar surface area (TPSA) is 72.6 Å². The summed E-state index contributed by atoms with van der Waals surface area (Å²) in [5.41, 5.74) is 6.09. The summed E-state index contributed by atoms with van der Waals surface area (Å²) in [6.45, 7) is 2.34. The van der Waals surface area contributed by atoms with Crippen LogP contribution >= 0.6 is 11.6 Å². The third-order valence-electron chi connectivity index (χ3n) is 4.16. The van der Waals surface area contributed by atoms with Crippen LogP contribution < -0.4 is 10.5 Å². The lowest BCUT2D eigenvalue weighted by atomic mass is 9.93. The molecule has 1 aliphatic heterocycles. The fraction of sp³-hybridized carbons (Fsp3) is 0.412. The summed E-state index contributed by atoms with van der Waals surface area (Å²) in [5, 5.41) is 0.568. The van der Waals surface area contributed by atoms with E-state index in [2.05, 4.69) is 0 Å². The molecule has 0 bridgehead atoms. The molecule has 2 rings (SSSR count). The first-order chi connectivity index (χ1) is 10.9. The van der Waals surface area contributed by atoms with E-state index in [4.69, 9.17) is 22.1 Å². The maximum Gasteiger partial charge on any atom is 0.246 e. The van der Waals surface area contributed by atoms with Crippen molar-refractivity contribution in [3.05, 3.63) is 34.9 Å². The predicted octanol–water partition coefficient (Wildman–Crippen LogP) is 2.47. The molecule has 2 atom stereocenters. The lowest BCUT2D eigenvalue weighted by molar-refractivity contribution is -0.133.